The van der Waals surface area contributed by atoms with E-state index in [0.717, 1.165) is 0 Å². The van der Waals surface area contributed by atoms with E-state index in [1.807, 2.05) is 6.92 Å². The lowest BCUT2D eigenvalue weighted by Gasteiger charge is -2.31. The van der Waals surface area contributed by atoms with Gasteiger partial charge in [0.25, 0.3) is 0 Å². The number of halogens is 4. The van der Waals surface area contributed by atoms with Crippen LogP contribution in [0.3, 0.4) is 0 Å². The van der Waals surface area contributed by atoms with Gasteiger partial charge in [-0.3, -0.25) is 0 Å². The number of benzene rings is 1. The minimum absolute atomic E-state index is 0. The molecule has 0 aromatic heterocycles. The second-order valence-corrected chi connectivity index (χ2v) is 7.54. The zero-order valence-corrected chi connectivity index (χ0v) is 14.5. The minimum Gasteiger partial charge on any atom is -0.312 e. The fourth-order valence-electron chi connectivity index (χ4n) is 2.02. The van der Waals surface area contributed by atoms with E-state index < -0.39 is 10.0 Å². The Hall–Kier alpha value is 0.250. The van der Waals surface area contributed by atoms with Gasteiger partial charge in [-0.05, 0) is 19.1 Å². The van der Waals surface area contributed by atoms with Crippen LogP contribution >= 0.6 is 47.2 Å². The topological polar surface area (TPSA) is 49.4 Å². The normalized spacial score (nSPS) is 20.5. The molecule has 1 N–H and O–H groups in total. The highest BCUT2D eigenvalue weighted by Crippen LogP contribution is 2.34. The van der Waals surface area contributed by atoms with Crippen molar-refractivity contribution >= 4 is 57.2 Å². The highest BCUT2D eigenvalue weighted by molar-refractivity contribution is 7.89. The van der Waals surface area contributed by atoms with E-state index in [0.29, 0.717) is 24.7 Å². The molecular weight excluding hydrogens is 366 g/mol. The molecule has 1 unspecified atom stereocenters. The molecule has 114 valence electrons. The number of nitrogens with one attached hydrogen (secondary N) is 1. The van der Waals surface area contributed by atoms with Gasteiger partial charge in [-0.2, -0.15) is 4.31 Å². The Morgan fingerprint density at radius 3 is 2.30 bits per heavy atom. The average molecular weight is 380 g/mol. The Kier molecular flexibility index (Phi) is 6.41. The molecule has 1 aromatic carbocycles. The Balaban J connectivity index is 0.00000200. The monoisotopic (exact) mass is 378 g/mol. The molecule has 1 aromatic rings. The van der Waals surface area contributed by atoms with Gasteiger partial charge in [0.05, 0.1) is 10.0 Å². The summed E-state index contributed by atoms with van der Waals surface area (Å²) in [6, 6.07) is 2.86. The summed E-state index contributed by atoms with van der Waals surface area (Å²) >= 11 is 17.8. The van der Waals surface area contributed by atoms with Crippen molar-refractivity contribution in [2.45, 2.75) is 17.9 Å². The summed E-state index contributed by atoms with van der Waals surface area (Å²) in [5.41, 5.74) is 0. The van der Waals surface area contributed by atoms with Crippen LogP contribution in [0.4, 0.5) is 0 Å². The summed E-state index contributed by atoms with van der Waals surface area (Å²) in [7, 11) is -3.70. The first-order chi connectivity index (χ1) is 8.82. The van der Waals surface area contributed by atoms with Crippen molar-refractivity contribution in [1.82, 2.24) is 9.62 Å². The molecule has 1 aliphatic heterocycles. The average Bonchev–Trinajstić information content (AvgIpc) is 2.26. The SMILES string of the molecule is CC1CN(S(=O)(=O)c2c(Cl)cc(Cl)cc2Cl)CCN1.Cl. The van der Waals surface area contributed by atoms with Crippen LogP contribution in [0.1, 0.15) is 6.92 Å². The maximum atomic E-state index is 12.6. The van der Waals surface area contributed by atoms with Gasteiger partial charge >= 0.3 is 0 Å². The lowest BCUT2D eigenvalue weighted by molar-refractivity contribution is 0.310. The highest BCUT2D eigenvalue weighted by Gasteiger charge is 2.32. The predicted molar refractivity (Wildman–Crippen MR) is 84.9 cm³/mol. The van der Waals surface area contributed by atoms with Crippen LogP contribution in [0.5, 0.6) is 0 Å². The van der Waals surface area contributed by atoms with Gasteiger partial charge in [-0.1, -0.05) is 34.8 Å². The Morgan fingerprint density at radius 2 is 1.80 bits per heavy atom. The smallest absolute Gasteiger partial charge is 0.246 e. The van der Waals surface area contributed by atoms with Gasteiger partial charge in [-0.15, -0.1) is 12.4 Å². The summed E-state index contributed by atoms with van der Waals surface area (Å²) in [6.07, 6.45) is 0. The molecule has 4 nitrogen and oxygen atoms in total. The summed E-state index contributed by atoms with van der Waals surface area (Å²) in [6.45, 7) is 3.30. The molecule has 1 fully saturated rings. The molecule has 1 aliphatic rings. The number of piperazine rings is 1. The van der Waals surface area contributed by atoms with E-state index >= 15 is 0 Å². The molecular formula is C11H14Cl4N2O2S. The standard InChI is InChI=1S/C11H13Cl3N2O2S.ClH/c1-7-6-16(3-2-15-7)19(17,18)11-9(13)4-8(12)5-10(11)14;/h4-5,7,15H,2-3,6H2,1H3;1H. The molecule has 1 saturated heterocycles. The van der Waals surface area contributed by atoms with Crippen LogP contribution in [0.25, 0.3) is 0 Å². The van der Waals surface area contributed by atoms with Crippen LogP contribution in [0.15, 0.2) is 17.0 Å². The number of nitrogens with zero attached hydrogens (tertiary/aromatic N) is 1. The van der Waals surface area contributed by atoms with Crippen molar-refractivity contribution in [1.29, 1.82) is 0 Å². The van der Waals surface area contributed by atoms with E-state index in [1.165, 1.54) is 16.4 Å². The van der Waals surface area contributed by atoms with Crippen LogP contribution in [-0.2, 0) is 10.0 Å². The molecule has 0 amide bonds. The fourth-order valence-corrected chi connectivity index (χ4v) is 5.04. The van der Waals surface area contributed by atoms with Crippen molar-refractivity contribution < 1.29 is 8.42 Å². The van der Waals surface area contributed by atoms with Gasteiger partial charge in [0.1, 0.15) is 4.90 Å². The first-order valence-electron chi connectivity index (χ1n) is 5.70. The lowest BCUT2D eigenvalue weighted by Crippen LogP contribution is -2.51. The lowest BCUT2D eigenvalue weighted by atomic mass is 10.3. The van der Waals surface area contributed by atoms with Gasteiger partial charge in [0.15, 0.2) is 0 Å². The molecule has 0 spiro atoms. The van der Waals surface area contributed by atoms with Crippen molar-refractivity contribution in [3.63, 3.8) is 0 Å². The minimum atomic E-state index is -3.70. The third-order valence-corrected chi connectivity index (χ3v) is 5.90. The van der Waals surface area contributed by atoms with Crippen molar-refractivity contribution in [2.24, 2.45) is 0 Å². The molecule has 0 bridgehead atoms. The van der Waals surface area contributed by atoms with Gasteiger partial charge in [0, 0.05) is 30.7 Å². The Labute approximate surface area is 139 Å². The first-order valence-corrected chi connectivity index (χ1v) is 8.28. The van der Waals surface area contributed by atoms with E-state index in [1.54, 1.807) is 0 Å². The molecule has 20 heavy (non-hydrogen) atoms. The fraction of sp³-hybridized carbons (Fsp3) is 0.455. The van der Waals surface area contributed by atoms with Crippen LogP contribution in [0.2, 0.25) is 15.1 Å². The summed E-state index contributed by atoms with van der Waals surface area (Å²) < 4.78 is 26.5. The second-order valence-electron chi connectivity index (χ2n) is 4.42. The van der Waals surface area contributed by atoms with E-state index in [4.69, 9.17) is 34.8 Å². The third-order valence-electron chi connectivity index (χ3n) is 2.89. The summed E-state index contributed by atoms with van der Waals surface area (Å²) in [5.74, 6) is 0. The van der Waals surface area contributed by atoms with E-state index in [2.05, 4.69) is 5.32 Å². The molecule has 1 heterocycles. The van der Waals surface area contributed by atoms with Crippen molar-refractivity contribution in [3.05, 3.63) is 27.2 Å². The first kappa shape index (κ1) is 18.3. The third kappa shape index (κ3) is 3.71. The quantitative estimate of drug-likeness (QED) is 0.858. The molecule has 2 rings (SSSR count). The van der Waals surface area contributed by atoms with E-state index in [9.17, 15) is 8.42 Å². The van der Waals surface area contributed by atoms with Gasteiger partial charge < -0.3 is 5.32 Å². The predicted octanol–water partition coefficient (Wildman–Crippen LogP) is 3.05. The molecule has 0 aliphatic carbocycles. The van der Waals surface area contributed by atoms with Gasteiger partial charge in [0.2, 0.25) is 10.0 Å². The Morgan fingerprint density at radius 1 is 1.25 bits per heavy atom. The number of hydrogen-bond donors (Lipinski definition) is 1. The second kappa shape index (κ2) is 7.01. The van der Waals surface area contributed by atoms with Crippen molar-refractivity contribution in [3.8, 4) is 0 Å². The largest absolute Gasteiger partial charge is 0.312 e. The van der Waals surface area contributed by atoms with Crippen LogP contribution < -0.4 is 5.32 Å². The number of rotatable bonds is 2. The zero-order valence-electron chi connectivity index (χ0n) is 10.6. The maximum absolute atomic E-state index is 12.6. The van der Waals surface area contributed by atoms with Gasteiger partial charge in [-0.25, -0.2) is 8.42 Å². The number of hydrogen-bond acceptors (Lipinski definition) is 3. The summed E-state index contributed by atoms with van der Waals surface area (Å²) in [4.78, 5) is -0.0747. The van der Waals surface area contributed by atoms with E-state index in [-0.39, 0.29) is 33.4 Å². The Bertz CT molecular complexity index is 571. The molecule has 0 radical (unpaired) electrons. The highest BCUT2D eigenvalue weighted by atomic mass is 35.5. The van der Waals surface area contributed by atoms with Crippen LogP contribution in [0, 0.1) is 0 Å². The number of sulfonamides is 1. The van der Waals surface area contributed by atoms with Crippen molar-refractivity contribution in [2.75, 3.05) is 19.6 Å². The summed E-state index contributed by atoms with van der Waals surface area (Å²) in [5, 5.41) is 3.58. The maximum Gasteiger partial charge on any atom is 0.246 e. The van der Waals surface area contributed by atoms with Crippen LogP contribution in [-0.4, -0.2) is 38.4 Å². The molecule has 0 saturated carbocycles. The molecule has 1 atom stereocenters. The molecule has 9 heteroatoms. The zero-order chi connectivity index (χ0) is 14.2.